The van der Waals surface area contributed by atoms with Crippen molar-refractivity contribution in [3.63, 3.8) is 0 Å². The second kappa shape index (κ2) is 8.52. The molecule has 5 heteroatoms. The maximum Gasteiger partial charge on any atom is 0.157 e. The summed E-state index contributed by atoms with van der Waals surface area (Å²) in [5.74, 6) is -0.811. The summed E-state index contributed by atoms with van der Waals surface area (Å²) in [6, 6.07) is 20.0. The lowest BCUT2D eigenvalue weighted by atomic mass is 10.0. The minimum absolute atomic E-state index is 0.0527. The molecule has 0 spiro atoms. The van der Waals surface area contributed by atoms with Crippen LogP contribution in [0.3, 0.4) is 0 Å². The molecule has 0 fully saturated rings. The molecule has 0 unspecified atom stereocenters. The molecule has 0 saturated carbocycles. The zero-order chi connectivity index (χ0) is 17.5. The van der Waals surface area contributed by atoms with Crippen LogP contribution in [-0.2, 0) is 11.3 Å². The van der Waals surface area contributed by atoms with E-state index < -0.39 is 5.92 Å². The molecule has 0 aliphatic rings. The van der Waals surface area contributed by atoms with Crippen molar-refractivity contribution in [2.75, 3.05) is 6.54 Å². The molecule has 0 amide bonds. The number of thiazole rings is 1. The van der Waals surface area contributed by atoms with Gasteiger partial charge in [0, 0.05) is 13.0 Å². The number of carbonyl (C=O) groups is 1. The lowest BCUT2D eigenvalue weighted by molar-refractivity contribution is -0.119. The lowest BCUT2D eigenvalue weighted by Crippen LogP contribution is -2.17. The van der Waals surface area contributed by atoms with E-state index in [1.807, 2.05) is 42.5 Å². The maximum atomic E-state index is 12.4. The Labute approximate surface area is 151 Å². The predicted octanol–water partition coefficient (Wildman–Crippen LogP) is 4.04. The summed E-state index contributed by atoms with van der Waals surface area (Å²) in [6.45, 7) is 1.53. The summed E-state index contributed by atoms with van der Waals surface area (Å²) in [7, 11) is 0. The summed E-state index contributed by atoms with van der Waals surface area (Å²) in [6.07, 6.45) is 1.10. The standard InChI is InChI=1S/C20H19N3OS/c21-13-16(20-23-17-9-4-5-11-19(17)25-20)18(24)10-6-12-22-14-15-7-2-1-3-8-15/h1-5,7-9,11,16,22H,6,10,12,14H2/t16-/m1/s1. The summed E-state index contributed by atoms with van der Waals surface area (Å²) in [5, 5.41) is 13.3. The molecule has 25 heavy (non-hydrogen) atoms. The number of carbonyl (C=O) groups excluding carboxylic acids is 1. The number of ketones is 1. The van der Waals surface area contributed by atoms with Gasteiger partial charge < -0.3 is 5.32 Å². The van der Waals surface area contributed by atoms with Crippen LogP contribution in [-0.4, -0.2) is 17.3 Å². The summed E-state index contributed by atoms with van der Waals surface area (Å²) in [4.78, 5) is 16.8. The fourth-order valence-electron chi connectivity index (χ4n) is 2.64. The molecule has 1 N–H and O–H groups in total. The average Bonchev–Trinajstić information content (AvgIpc) is 3.06. The first kappa shape index (κ1) is 17.3. The van der Waals surface area contributed by atoms with E-state index in [4.69, 9.17) is 0 Å². The highest BCUT2D eigenvalue weighted by molar-refractivity contribution is 7.18. The number of nitrogens with one attached hydrogen (secondary N) is 1. The van der Waals surface area contributed by atoms with Crippen molar-refractivity contribution in [2.45, 2.75) is 25.3 Å². The van der Waals surface area contributed by atoms with E-state index in [1.165, 1.54) is 16.9 Å². The van der Waals surface area contributed by atoms with E-state index in [2.05, 4.69) is 28.5 Å². The quantitative estimate of drug-likeness (QED) is 0.623. The van der Waals surface area contributed by atoms with Crippen molar-refractivity contribution >= 4 is 27.3 Å². The predicted molar refractivity (Wildman–Crippen MR) is 100 cm³/mol. The van der Waals surface area contributed by atoms with Gasteiger partial charge in [0.2, 0.25) is 0 Å². The molecule has 0 aliphatic carbocycles. The molecule has 4 nitrogen and oxygen atoms in total. The number of aromatic nitrogens is 1. The van der Waals surface area contributed by atoms with Crippen molar-refractivity contribution < 1.29 is 4.79 Å². The van der Waals surface area contributed by atoms with Gasteiger partial charge >= 0.3 is 0 Å². The molecule has 0 saturated heterocycles. The van der Waals surface area contributed by atoms with Gasteiger partial charge in [-0.1, -0.05) is 42.5 Å². The first-order valence-electron chi connectivity index (χ1n) is 8.30. The Balaban J connectivity index is 1.50. The SMILES string of the molecule is N#C[C@H](C(=O)CCCNCc1ccccc1)c1nc2ccccc2s1. The third-order valence-corrected chi connectivity index (χ3v) is 5.06. The van der Waals surface area contributed by atoms with Crippen LogP contribution < -0.4 is 5.32 Å². The van der Waals surface area contributed by atoms with Crippen LogP contribution in [0.2, 0.25) is 0 Å². The molecule has 0 radical (unpaired) electrons. The molecule has 1 aromatic heterocycles. The molecule has 3 aromatic rings. The van der Waals surface area contributed by atoms with Gasteiger partial charge in [-0.15, -0.1) is 11.3 Å². The molecule has 126 valence electrons. The molecular weight excluding hydrogens is 330 g/mol. The zero-order valence-corrected chi connectivity index (χ0v) is 14.6. The van der Waals surface area contributed by atoms with Crippen LogP contribution in [0.1, 0.15) is 29.3 Å². The highest BCUT2D eigenvalue weighted by Crippen LogP contribution is 2.28. The van der Waals surface area contributed by atoms with Crippen molar-refractivity contribution in [3.05, 3.63) is 65.2 Å². The van der Waals surface area contributed by atoms with Crippen molar-refractivity contribution in [1.29, 1.82) is 5.26 Å². The second-order valence-electron chi connectivity index (χ2n) is 5.81. The van der Waals surface area contributed by atoms with E-state index in [1.54, 1.807) is 0 Å². The Kier molecular flexibility index (Phi) is 5.89. The number of benzene rings is 2. The molecular formula is C20H19N3OS. The van der Waals surface area contributed by atoms with Gasteiger partial charge in [-0.2, -0.15) is 5.26 Å². The maximum absolute atomic E-state index is 12.4. The number of hydrogen-bond donors (Lipinski definition) is 1. The summed E-state index contributed by atoms with van der Waals surface area (Å²) >= 11 is 1.43. The van der Waals surface area contributed by atoms with Gasteiger partial charge in [-0.25, -0.2) is 4.98 Å². The second-order valence-corrected chi connectivity index (χ2v) is 6.88. The molecule has 0 bridgehead atoms. The van der Waals surface area contributed by atoms with Gasteiger partial charge in [-0.05, 0) is 30.7 Å². The van der Waals surface area contributed by atoms with E-state index in [0.717, 1.165) is 29.7 Å². The Bertz CT molecular complexity index is 850. The monoisotopic (exact) mass is 349 g/mol. The van der Waals surface area contributed by atoms with Gasteiger partial charge in [0.05, 0.1) is 16.3 Å². The van der Waals surface area contributed by atoms with Gasteiger partial charge in [0.25, 0.3) is 0 Å². The van der Waals surface area contributed by atoms with Crippen molar-refractivity contribution in [3.8, 4) is 6.07 Å². The fourth-order valence-corrected chi connectivity index (χ4v) is 3.68. The largest absolute Gasteiger partial charge is 0.313 e. The number of nitrogens with zero attached hydrogens (tertiary/aromatic N) is 2. The van der Waals surface area contributed by atoms with Gasteiger partial charge in [0.15, 0.2) is 11.7 Å². The molecule has 1 heterocycles. The fraction of sp³-hybridized carbons (Fsp3) is 0.250. The number of Topliss-reactive ketones (excluding diaryl/α,β-unsaturated/α-hetero) is 1. The minimum atomic E-state index is -0.758. The lowest BCUT2D eigenvalue weighted by Gasteiger charge is -2.06. The van der Waals surface area contributed by atoms with Crippen LogP contribution in [0.15, 0.2) is 54.6 Å². The minimum Gasteiger partial charge on any atom is -0.313 e. The number of hydrogen-bond acceptors (Lipinski definition) is 5. The average molecular weight is 349 g/mol. The molecule has 1 atom stereocenters. The first-order chi connectivity index (χ1) is 12.3. The highest BCUT2D eigenvalue weighted by atomic mass is 32.1. The van der Waals surface area contributed by atoms with Crippen molar-refractivity contribution in [2.24, 2.45) is 0 Å². The highest BCUT2D eigenvalue weighted by Gasteiger charge is 2.23. The van der Waals surface area contributed by atoms with Crippen molar-refractivity contribution in [1.82, 2.24) is 10.3 Å². The topological polar surface area (TPSA) is 65.8 Å². The van der Waals surface area contributed by atoms with Crippen LogP contribution in [0.5, 0.6) is 0 Å². The number of rotatable bonds is 8. The van der Waals surface area contributed by atoms with E-state index >= 15 is 0 Å². The van der Waals surface area contributed by atoms with E-state index in [9.17, 15) is 10.1 Å². The van der Waals surface area contributed by atoms with E-state index in [0.29, 0.717) is 11.4 Å². The first-order valence-corrected chi connectivity index (χ1v) is 9.12. The number of para-hydroxylation sites is 1. The Morgan fingerprint density at radius 3 is 2.68 bits per heavy atom. The summed E-state index contributed by atoms with van der Waals surface area (Å²) in [5.41, 5.74) is 2.07. The smallest absolute Gasteiger partial charge is 0.157 e. The Morgan fingerprint density at radius 2 is 1.92 bits per heavy atom. The molecule has 3 rings (SSSR count). The number of fused-ring (bicyclic) bond motifs is 1. The van der Waals surface area contributed by atoms with Gasteiger partial charge in [0.1, 0.15) is 5.01 Å². The Morgan fingerprint density at radius 1 is 1.16 bits per heavy atom. The molecule has 0 aliphatic heterocycles. The van der Waals surface area contributed by atoms with Crippen LogP contribution in [0.4, 0.5) is 0 Å². The zero-order valence-electron chi connectivity index (χ0n) is 13.8. The molecule has 2 aromatic carbocycles. The van der Waals surface area contributed by atoms with Crippen LogP contribution >= 0.6 is 11.3 Å². The van der Waals surface area contributed by atoms with Crippen LogP contribution in [0.25, 0.3) is 10.2 Å². The van der Waals surface area contributed by atoms with Gasteiger partial charge in [-0.3, -0.25) is 4.79 Å². The third-order valence-electron chi connectivity index (χ3n) is 3.96. The normalized spacial score (nSPS) is 12.0. The Hall–Kier alpha value is -2.55. The number of nitriles is 1. The van der Waals surface area contributed by atoms with E-state index in [-0.39, 0.29) is 5.78 Å². The third kappa shape index (κ3) is 4.50. The summed E-state index contributed by atoms with van der Waals surface area (Å²) < 4.78 is 1.01. The van der Waals surface area contributed by atoms with Crippen LogP contribution in [0, 0.1) is 11.3 Å².